The molecule has 0 aliphatic rings. The summed E-state index contributed by atoms with van der Waals surface area (Å²) in [6.07, 6.45) is 5.52. The third-order valence-electron chi connectivity index (χ3n) is 7.55. The Morgan fingerprint density at radius 2 is 1.63 bits per heavy atom. The molecule has 11 heteroatoms. The van der Waals surface area contributed by atoms with Crippen molar-refractivity contribution in [2.24, 2.45) is 11.7 Å². The van der Waals surface area contributed by atoms with E-state index in [2.05, 4.69) is 15.6 Å². The Kier molecular flexibility index (Phi) is 14.1. The largest absolute Gasteiger partial charge is 0.462 e. The number of aliphatic hydroxyl groups is 1. The van der Waals surface area contributed by atoms with Crippen molar-refractivity contribution < 1.29 is 29.0 Å². The van der Waals surface area contributed by atoms with Gasteiger partial charge in [-0.1, -0.05) is 80.9 Å². The summed E-state index contributed by atoms with van der Waals surface area (Å²) in [4.78, 5) is 56.8. The predicted molar refractivity (Wildman–Crippen MR) is 174 cm³/mol. The van der Waals surface area contributed by atoms with Crippen molar-refractivity contribution >= 4 is 23.7 Å². The van der Waals surface area contributed by atoms with E-state index in [1.54, 1.807) is 6.92 Å². The van der Waals surface area contributed by atoms with Crippen molar-refractivity contribution in [2.45, 2.75) is 89.9 Å². The first-order chi connectivity index (χ1) is 22.0. The molecular weight excluding hydrogens is 586 g/mol. The summed E-state index contributed by atoms with van der Waals surface area (Å²) in [6, 6.07) is 17.1. The molecule has 1 heterocycles. The lowest BCUT2D eigenvalue weighted by Gasteiger charge is -2.29. The number of aryl methyl sites for hydroxylation is 1. The number of nitrogens with two attached hydrogens (primary N) is 1. The lowest BCUT2D eigenvalue weighted by atomic mass is 9.99. The zero-order valence-electron chi connectivity index (χ0n) is 27.0. The molecule has 0 aliphatic carbocycles. The fourth-order valence-corrected chi connectivity index (χ4v) is 5.04. The van der Waals surface area contributed by atoms with Gasteiger partial charge in [0.1, 0.15) is 12.4 Å². The van der Waals surface area contributed by atoms with E-state index >= 15 is 0 Å². The predicted octanol–water partition coefficient (Wildman–Crippen LogP) is 3.34. The number of amides is 2. The lowest BCUT2D eigenvalue weighted by molar-refractivity contribution is -0.173. The van der Waals surface area contributed by atoms with Gasteiger partial charge in [-0.2, -0.15) is 0 Å². The van der Waals surface area contributed by atoms with Gasteiger partial charge in [0, 0.05) is 25.5 Å². The van der Waals surface area contributed by atoms with E-state index in [9.17, 15) is 24.3 Å². The Labute approximate surface area is 270 Å². The third-order valence-corrected chi connectivity index (χ3v) is 7.55. The van der Waals surface area contributed by atoms with Crippen LogP contribution < -0.4 is 16.4 Å². The summed E-state index contributed by atoms with van der Waals surface area (Å²) in [5, 5.41) is 16.5. The third kappa shape index (κ3) is 11.5. The fraction of sp³-hybridized carbons (Fsp3) is 0.457. The monoisotopic (exact) mass is 633 g/mol. The zero-order valence-corrected chi connectivity index (χ0v) is 27.0. The molecular formula is C35H47N5O6. The van der Waals surface area contributed by atoms with Gasteiger partial charge in [-0.25, -0.2) is 9.78 Å². The van der Waals surface area contributed by atoms with Crippen molar-refractivity contribution in [1.82, 2.24) is 20.2 Å². The van der Waals surface area contributed by atoms with Gasteiger partial charge in [0.2, 0.25) is 23.4 Å². The maximum atomic E-state index is 13.6. The number of esters is 1. The van der Waals surface area contributed by atoms with Crippen LogP contribution in [0.5, 0.6) is 0 Å². The van der Waals surface area contributed by atoms with E-state index in [1.807, 2.05) is 74.5 Å². The molecule has 2 amide bonds. The first-order valence-corrected chi connectivity index (χ1v) is 15.9. The summed E-state index contributed by atoms with van der Waals surface area (Å²) < 4.78 is 6.34. The quantitative estimate of drug-likeness (QED) is 0.122. The number of nitrogens with zero attached hydrogens (tertiary/aromatic N) is 2. The molecule has 2 aromatic carbocycles. The number of hydrogen-bond acceptors (Lipinski definition) is 8. The molecule has 1 aromatic heterocycles. The molecule has 0 bridgehead atoms. The van der Waals surface area contributed by atoms with Crippen LogP contribution in [0.15, 0.2) is 73.2 Å². The second-order valence-corrected chi connectivity index (χ2v) is 11.9. The first-order valence-electron chi connectivity index (χ1n) is 15.9. The highest BCUT2D eigenvalue weighted by Crippen LogP contribution is 2.18. The van der Waals surface area contributed by atoms with Gasteiger partial charge in [-0.15, -0.1) is 0 Å². The van der Waals surface area contributed by atoms with E-state index < -0.39 is 29.7 Å². The zero-order chi connectivity index (χ0) is 33.5. The summed E-state index contributed by atoms with van der Waals surface area (Å²) in [5.74, 6) is -2.18. The van der Waals surface area contributed by atoms with Gasteiger partial charge >= 0.3 is 5.97 Å². The Bertz CT molecular complexity index is 1410. The second kappa shape index (κ2) is 18.0. The van der Waals surface area contributed by atoms with Crippen LogP contribution in [0.1, 0.15) is 74.5 Å². The fourth-order valence-electron chi connectivity index (χ4n) is 5.04. The number of nitrogens with one attached hydrogen (secondary N) is 2. The molecule has 0 fully saturated rings. The maximum Gasteiger partial charge on any atom is 0.359 e. The Hall–Kier alpha value is -4.35. The van der Waals surface area contributed by atoms with E-state index in [0.29, 0.717) is 37.3 Å². The van der Waals surface area contributed by atoms with Crippen molar-refractivity contribution in [3.63, 3.8) is 0 Å². The Balaban J connectivity index is 1.75. The summed E-state index contributed by atoms with van der Waals surface area (Å²) in [7, 11) is 0. The summed E-state index contributed by atoms with van der Waals surface area (Å²) in [5.41, 5.74) is 6.25. The van der Waals surface area contributed by atoms with Crippen molar-refractivity contribution in [3.8, 4) is 0 Å². The molecule has 46 heavy (non-hydrogen) atoms. The Morgan fingerprint density at radius 1 is 0.978 bits per heavy atom. The van der Waals surface area contributed by atoms with Crippen LogP contribution in [0.25, 0.3) is 0 Å². The van der Waals surface area contributed by atoms with Crippen LogP contribution in [0.3, 0.4) is 0 Å². The molecule has 1 unspecified atom stereocenters. The molecule has 3 aromatic rings. The summed E-state index contributed by atoms with van der Waals surface area (Å²) in [6.45, 7) is 5.66. The minimum Gasteiger partial charge on any atom is -0.462 e. The molecule has 0 spiro atoms. The van der Waals surface area contributed by atoms with Crippen LogP contribution in [0.2, 0.25) is 0 Å². The minimum atomic E-state index is -2.28. The van der Waals surface area contributed by atoms with Gasteiger partial charge < -0.3 is 26.2 Å². The molecule has 0 saturated carbocycles. The number of benzene rings is 2. The minimum absolute atomic E-state index is 0.0145. The number of ether oxygens (including phenoxy) is 1. The van der Waals surface area contributed by atoms with Crippen LogP contribution in [0.4, 0.5) is 0 Å². The molecule has 5 N–H and O–H groups in total. The van der Waals surface area contributed by atoms with E-state index in [1.165, 1.54) is 17.1 Å². The topological polar surface area (TPSA) is 166 Å². The van der Waals surface area contributed by atoms with E-state index in [0.717, 1.165) is 17.5 Å². The van der Waals surface area contributed by atoms with Crippen molar-refractivity contribution in [2.75, 3.05) is 6.61 Å². The number of imidazole rings is 1. The van der Waals surface area contributed by atoms with Gasteiger partial charge in [-0.3, -0.25) is 19.0 Å². The van der Waals surface area contributed by atoms with Crippen LogP contribution >= 0.6 is 0 Å². The number of hydrogen-bond donors (Lipinski definition) is 4. The lowest BCUT2D eigenvalue weighted by Crippen LogP contribution is -2.60. The van der Waals surface area contributed by atoms with Crippen LogP contribution in [-0.4, -0.2) is 62.8 Å². The van der Waals surface area contributed by atoms with Gasteiger partial charge in [0.25, 0.3) is 0 Å². The standard InChI is InChI=1S/C35H47N5O6/c1-4-46-34(44)35(45,20-12-13-25(2)3)39-32(42)30(38-31(41)19-11-18-26-14-7-5-8-15-26)22-28-23-40(24-37-28)33(43)29(36)21-27-16-9-6-10-17-27/h5-10,14-17,23-25,29-30,45H,4,11-13,18-22,36H2,1-3H3,(H,38,41)(H,39,42)/t29-,30+,35?/m0/s1. The molecule has 3 atom stereocenters. The highest BCUT2D eigenvalue weighted by molar-refractivity contribution is 5.92. The molecule has 0 aliphatic heterocycles. The molecule has 248 valence electrons. The number of rotatable bonds is 18. The molecule has 11 nitrogen and oxygen atoms in total. The van der Waals surface area contributed by atoms with Crippen LogP contribution in [0, 0.1) is 5.92 Å². The van der Waals surface area contributed by atoms with Crippen molar-refractivity contribution in [3.05, 3.63) is 90.0 Å². The molecule has 0 saturated heterocycles. The smallest absolute Gasteiger partial charge is 0.359 e. The Morgan fingerprint density at radius 3 is 2.26 bits per heavy atom. The van der Waals surface area contributed by atoms with Gasteiger partial charge in [-0.05, 0) is 49.7 Å². The summed E-state index contributed by atoms with van der Waals surface area (Å²) >= 11 is 0. The number of aromatic nitrogens is 2. The average molecular weight is 634 g/mol. The van der Waals surface area contributed by atoms with E-state index in [-0.39, 0.29) is 37.7 Å². The van der Waals surface area contributed by atoms with Gasteiger partial charge in [0.15, 0.2) is 0 Å². The SMILES string of the molecule is CCOC(=O)C(O)(CCCC(C)C)NC(=O)[C@@H](Cc1cn(C(=O)[C@@H](N)Cc2ccccc2)cn1)NC(=O)CCCc1ccccc1. The second-order valence-electron chi connectivity index (χ2n) is 11.9. The van der Waals surface area contributed by atoms with Gasteiger partial charge in [0.05, 0.1) is 18.3 Å². The highest BCUT2D eigenvalue weighted by atomic mass is 16.6. The molecule has 0 radical (unpaired) electrons. The normalized spacial score (nSPS) is 13.8. The van der Waals surface area contributed by atoms with Crippen molar-refractivity contribution in [1.29, 1.82) is 0 Å². The number of carbonyl (C=O) groups excluding carboxylic acids is 4. The highest BCUT2D eigenvalue weighted by Gasteiger charge is 2.40. The maximum absolute atomic E-state index is 13.6. The van der Waals surface area contributed by atoms with Crippen LogP contribution in [-0.2, 0) is 38.4 Å². The first kappa shape index (κ1) is 36.1. The number of carbonyl (C=O) groups is 4. The molecule has 3 rings (SSSR count). The van der Waals surface area contributed by atoms with E-state index in [4.69, 9.17) is 10.5 Å². The average Bonchev–Trinajstić information content (AvgIpc) is 3.49.